The van der Waals surface area contributed by atoms with Gasteiger partial charge < -0.3 is 10.5 Å². The average Bonchev–Trinajstić information content (AvgIpc) is 2.28. The number of ether oxygens (including phenoxy) is 1. The summed E-state index contributed by atoms with van der Waals surface area (Å²) in [5, 5.41) is 0. The molecule has 1 aromatic rings. The molecule has 1 aliphatic rings. The van der Waals surface area contributed by atoms with Gasteiger partial charge in [0.15, 0.2) is 5.78 Å². The van der Waals surface area contributed by atoms with Crippen molar-refractivity contribution in [2.45, 2.75) is 12.5 Å². The van der Waals surface area contributed by atoms with Gasteiger partial charge in [0, 0.05) is 10.9 Å². The van der Waals surface area contributed by atoms with Crippen molar-refractivity contribution in [3.8, 4) is 5.75 Å². The van der Waals surface area contributed by atoms with E-state index in [1.54, 1.807) is 12.1 Å². The largest absolute Gasteiger partial charge is 0.493 e. The van der Waals surface area contributed by atoms with Crippen molar-refractivity contribution in [3.05, 3.63) is 28.2 Å². The molecule has 1 aromatic carbocycles. The number of carbonyl (C=O) groups excluding carboxylic acids is 1. The lowest BCUT2D eigenvalue weighted by molar-refractivity contribution is 0.0960. The molecule has 0 saturated carbocycles. The highest BCUT2D eigenvalue weighted by molar-refractivity contribution is 9.10. The number of hydrogen-bond acceptors (Lipinski definition) is 3. The van der Waals surface area contributed by atoms with E-state index in [-0.39, 0.29) is 18.2 Å². The molecule has 0 fully saturated rings. The van der Waals surface area contributed by atoms with E-state index in [1.807, 2.05) is 6.07 Å². The first kappa shape index (κ1) is 12.5. The maximum atomic E-state index is 11.7. The maximum Gasteiger partial charge on any atom is 0.183 e. The molecule has 1 aliphatic heterocycles. The zero-order chi connectivity index (χ0) is 10.1. The van der Waals surface area contributed by atoms with E-state index in [2.05, 4.69) is 15.9 Å². The number of carbonyl (C=O) groups is 1. The van der Waals surface area contributed by atoms with Crippen LogP contribution >= 0.6 is 28.3 Å². The Bertz CT molecular complexity index is 384. The quantitative estimate of drug-likeness (QED) is 0.797. The molecule has 0 saturated heterocycles. The van der Waals surface area contributed by atoms with Gasteiger partial charge in [-0.25, -0.2) is 0 Å². The fraction of sp³-hybridized carbons (Fsp3) is 0.300. The fourth-order valence-corrected chi connectivity index (χ4v) is 1.79. The van der Waals surface area contributed by atoms with Gasteiger partial charge in [-0.15, -0.1) is 12.4 Å². The molecule has 0 amide bonds. The third-order valence-electron chi connectivity index (χ3n) is 2.23. The number of ketones is 1. The van der Waals surface area contributed by atoms with Crippen molar-refractivity contribution in [2.24, 2.45) is 5.73 Å². The standard InChI is InChI=1S/C10H10BrNO2.ClH/c11-6-1-2-7-9(5-6)14-4-3-8(12)10(7)13;/h1-2,5,8H,3-4,12H2;1H. The molecule has 15 heavy (non-hydrogen) atoms. The summed E-state index contributed by atoms with van der Waals surface area (Å²) in [6, 6.07) is 4.92. The van der Waals surface area contributed by atoms with Gasteiger partial charge >= 0.3 is 0 Å². The molecule has 0 aliphatic carbocycles. The SMILES string of the molecule is Cl.NC1CCOc2cc(Br)ccc2C1=O. The summed E-state index contributed by atoms with van der Waals surface area (Å²) >= 11 is 3.33. The first-order chi connectivity index (χ1) is 6.68. The highest BCUT2D eigenvalue weighted by Gasteiger charge is 2.23. The van der Waals surface area contributed by atoms with Crippen molar-refractivity contribution >= 4 is 34.1 Å². The summed E-state index contributed by atoms with van der Waals surface area (Å²) in [7, 11) is 0. The predicted octanol–water partition coefficient (Wildman–Crippen LogP) is 2.16. The van der Waals surface area contributed by atoms with E-state index >= 15 is 0 Å². The fourth-order valence-electron chi connectivity index (χ4n) is 1.45. The van der Waals surface area contributed by atoms with Gasteiger partial charge in [-0.05, 0) is 18.2 Å². The van der Waals surface area contributed by atoms with Gasteiger partial charge in [0.25, 0.3) is 0 Å². The van der Waals surface area contributed by atoms with Crippen molar-refractivity contribution in [2.75, 3.05) is 6.61 Å². The zero-order valence-corrected chi connectivity index (χ0v) is 10.3. The molecule has 1 heterocycles. The van der Waals surface area contributed by atoms with E-state index in [4.69, 9.17) is 10.5 Å². The number of Topliss-reactive ketones (excluding diaryl/α,β-unsaturated/α-hetero) is 1. The second kappa shape index (κ2) is 4.96. The number of rotatable bonds is 0. The van der Waals surface area contributed by atoms with Crippen LogP contribution in [0.2, 0.25) is 0 Å². The Morgan fingerprint density at radius 1 is 1.47 bits per heavy atom. The molecule has 82 valence electrons. The predicted molar refractivity (Wildman–Crippen MR) is 63.8 cm³/mol. The van der Waals surface area contributed by atoms with Crippen LogP contribution in [0.25, 0.3) is 0 Å². The number of nitrogens with two attached hydrogens (primary N) is 1. The molecule has 0 bridgehead atoms. The normalized spacial score (nSPS) is 19.6. The van der Waals surface area contributed by atoms with Gasteiger partial charge in [-0.3, -0.25) is 4.79 Å². The van der Waals surface area contributed by atoms with Crippen LogP contribution in [0.3, 0.4) is 0 Å². The minimum atomic E-state index is -0.433. The van der Waals surface area contributed by atoms with Crippen molar-refractivity contribution < 1.29 is 9.53 Å². The molecular formula is C10H11BrClNO2. The molecule has 0 aromatic heterocycles. The monoisotopic (exact) mass is 291 g/mol. The smallest absolute Gasteiger partial charge is 0.183 e. The van der Waals surface area contributed by atoms with Crippen LogP contribution in [0.4, 0.5) is 0 Å². The lowest BCUT2D eigenvalue weighted by atomic mass is 10.0. The van der Waals surface area contributed by atoms with Crippen LogP contribution in [0.15, 0.2) is 22.7 Å². The molecule has 2 N–H and O–H groups in total. The highest BCUT2D eigenvalue weighted by Crippen LogP contribution is 2.27. The molecule has 1 atom stereocenters. The second-order valence-electron chi connectivity index (χ2n) is 3.25. The summed E-state index contributed by atoms with van der Waals surface area (Å²) in [5.74, 6) is 0.585. The molecule has 0 spiro atoms. The van der Waals surface area contributed by atoms with Crippen LogP contribution in [0.1, 0.15) is 16.8 Å². The first-order valence-corrected chi connectivity index (χ1v) is 5.20. The number of benzene rings is 1. The Kier molecular flexibility index (Phi) is 4.13. The molecule has 2 rings (SSSR count). The van der Waals surface area contributed by atoms with Gasteiger partial charge in [-0.2, -0.15) is 0 Å². The van der Waals surface area contributed by atoms with E-state index in [9.17, 15) is 4.79 Å². The lowest BCUT2D eigenvalue weighted by Gasteiger charge is -2.06. The van der Waals surface area contributed by atoms with Gasteiger partial charge in [0.05, 0.1) is 18.2 Å². The van der Waals surface area contributed by atoms with Gasteiger partial charge in [0.2, 0.25) is 0 Å². The summed E-state index contributed by atoms with van der Waals surface area (Å²) in [4.78, 5) is 11.7. The van der Waals surface area contributed by atoms with Gasteiger partial charge in [0.1, 0.15) is 5.75 Å². The Morgan fingerprint density at radius 2 is 2.20 bits per heavy atom. The average molecular weight is 293 g/mol. The molecule has 0 radical (unpaired) electrons. The molecule has 3 nitrogen and oxygen atoms in total. The first-order valence-electron chi connectivity index (χ1n) is 4.40. The number of hydrogen-bond donors (Lipinski definition) is 1. The minimum absolute atomic E-state index is 0. The van der Waals surface area contributed by atoms with Crippen molar-refractivity contribution in [1.82, 2.24) is 0 Å². The summed E-state index contributed by atoms with van der Waals surface area (Å²) < 4.78 is 6.34. The summed E-state index contributed by atoms with van der Waals surface area (Å²) in [6.45, 7) is 0.496. The van der Waals surface area contributed by atoms with Gasteiger partial charge in [-0.1, -0.05) is 15.9 Å². The second-order valence-corrected chi connectivity index (χ2v) is 4.16. The van der Waals surface area contributed by atoms with E-state index in [0.29, 0.717) is 24.3 Å². The van der Waals surface area contributed by atoms with Crippen LogP contribution in [-0.4, -0.2) is 18.4 Å². The van der Waals surface area contributed by atoms with Crippen LogP contribution in [0.5, 0.6) is 5.75 Å². The van der Waals surface area contributed by atoms with Crippen molar-refractivity contribution in [3.63, 3.8) is 0 Å². The van der Waals surface area contributed by atoms with E-state index in [0.717, 1.165) is 4.47 Å². The van der Waals surface area contributed by atoms with E-state index < -0.39 is 6.04 Å². The van der Waals surface area contributed by atoms with Crippen LogP contribution in [0, 0.1) is 0 Å². The molecule has 1 unspecified atom stereocenters. The third-order valence-corrected chi connectivity index (χ3v) is 2.73. The molecule has 5 heteroatoms. The van der Waals surface area contributed by atoms with E-state index in [1.165, 1.54) is 0 Å². The maximum absolute atomic E-state index is 11.7. The lowest BCUT2D eigenvalue weighted by Crippen LogP contribution is -2.30. The highest BCUT2D eigenvalue weighted by atomic mass is 79.9. The molecular weight excluding hydrogens is 281 g/mol. The minimum Gasteiger partial charge on any atom is -0.493 e. The number of fused-ring (bicyclic) bond motifs is 1. The zero-order valence-electron chi connectivity index (χ0n) is 7.90. The van der Waals surface area contributed by atoms with Crippen LogP contribution < -0.4 is 10.5 Å². The Hall–Kier alpha value is -0.580. The van der Waals surface area contributed by atoms with Crippen molar-refractivity contribution in [1.29, 1.82) is 0 Å². The topological polar surface area (TPSA) is 52.3 Å². The Balaban J connectivity index is 0.00000112. The summed E-state index contributed by atoms with van der Waals surface area (Å²) in [5.41, 5.74) is 6.27. The number of halogens is 2. The Morgan fingerprint density at radius 3 is 2.93 bits per heavy atom. The third kappa shape index (κ3) is 2.51. The Labute approximate surface area is 103 Å². The van der Waals surface area contributed by atoms with Crippen LogP contribution in [-0.2, 0) is 0 Å². The summed E-state index contributed by atoms with van der Waals surface area (Å²) in [6.07, 6.45) is 0.575.